The first-order valence-electron chi connectivity index (χ1n) is 8.82. The second-order valence-corrected chi connectivity index (χ2v) is 6.95. The molecule has 0 saturated carbocycles. The lowest BCUT2D eigenvalue weighted by atomic mass is 9.92. The highest BCUT2D eigenvalue weighted by Crippen LogP contribution is 2.29. The Kier molecular flexibility index (Phi) is 4.48. The van der Waals surface area contributed by atoms with E-state index in [-0.39, 0.29) is 18.6 Å². The zero-order chi connectivity index (χ0) is 17.4. The molecule has 1 aromatic heterocycles. The maximum Gasteiger partial charge on any atom is 0.340 e. The van der Waals surface area contributed by atoms with Crippen LogP contribution in [0.25, 0.3) is 10.9 Å². The van der Waals surface area contributed by atoms with Crippen molar-refractivity contribution >= 4 is 16.9 Å². The molecule has 134 valence electrons. The first-order valence-corrected chi connectivity index (χ1v) is 8.82. The average molecular weight is 346 g/mol. The Balaban J connectivity index is 1.54. The van der Waals surface area contributed by atoms with Gasteiger partial charge in [0.05, 0.1) is 25.3 Å². The standard InChI is InChI=1S/C19H23FN2O3/c1-21-13-8-15(9-14(21)12-24-11-13)25-19(23)17-10-22(7-6-20)18-5-3-2-4-16(17)18/h2-5,10,13-15H,6-9,11-12H2,1H3/t13-,14+,15-. The average Bonchev–Trinajstić information content (AvgIpc) is 2.95. The minimum Gasteiger partial charge on any atom is -0.459 e. The van der Waals surface area contributed by atoms with Crippen LogP contribution in [0, 0.1) is 0 Å². The molecule has 4 rings (SSSR count). The first-order chi connectivity index (χ1) is 12.2. The Labute approximate surface area is 146 Å². The molecule has 0 radical (unpaired) electrons. The first kappa shape index (κ1) is 16.5. The summed E-state index contributed by atoms with van der Waals surface area (Å²) in [5.74, 6) is -0.317. The molecule has 0 amide bonds. The predicted molar refractivity (Wildman–Crippen MR) is 92.5 cm³/mol. The number of likely N-dealkylation sites (N-methyl/N-ethyl adjacent to an activating group) is 1. The summed E-state index contributed by atoms with van der Waals surface area (Å²) in [5.41, 5.74) is 1.38. The van der Waals surface area contributed by atoms with Crippen molar-refractivity contribution in [2.75, 3.05) is 26.9 Å². The van der Waals surface area contributed by atoms with Crippen molar-refractivity contribution in [1.82, 2.24) is 9.47 Å². The number of ether oxygens (including phenoxy) is 2. The summed E-state index contributed by atoms with van der Waals surface area (Å²) in [6, 6.07) is 8.17. The van der Waals surface area contributed by atoms with E-state index in [4.69, 9.17) is 9.47 Å². The second-order valence-electron chi connectivity index (χ2n) is 6.95. The molecule has 2 fully saturated rings. The molecule has 3 atom stereocenters. The van der Waals surface area contributed by atoms with Gasteiger partial charge in [-0.05, 0) is 13.1 Å². The Morgan fingerprint density at radius 3 is 2.72 bits per heavy atom. The molecule has 2 aliphatic rings. The highest BCUT2D eigenvalue weighted by atomic mass is 19.1. The van der Waals surface area contributed by atoms with Gasteiger partial charge in [0.2, 0.25) is 0 Å². The molecule has 2 bridgehead atoms. The molecule has 6 heteroatoms. The number of morpholine rings is 1. The Morgan fingerprint density at radius 1 is 1.28 bits per heavy atom. The maximum atomic E-state index is 12.8. The third kappa shape index (κ3) is 3.04. The molecule has 0 N–H and O–H groups in total. The number of carbonyl (C=O) groups is 1. The number of halogens is 1. The van der Waals surface area contributed by atoms with Gasteiger partial charge in [-0.2, -0.15) is 0 Å². The zero-order valence-electron chi connectivity index (χ0n) is 14.4. The number of fused-ring (bicyclic) bond motifs is 3. The van der Waals surface area contributed by atoms with E-state index >= 15 is 0 Å². The van der Waals surface area contributed by atoms with Crippen molar-refractivity contribution in [3.05, 3.63) is 36.0 Å². The summed E-state index contributed by atoms with van der Waals surface area (Å²) in [4.78, 5) is 15.1. The van der Waals surface area contributed by atoms with Crippen LogP contribution >= 0.6 is 0 Å². The number of nitrogens with zero attached hydrogens (tertiary/aromatic N) is 2. The molecule has 0 spiro atoms. The number of piperidine rings is 1. The smallest absolute Gasteiger partial charge is 0.340 e. The molecule has 0 aliphatic carbocycles. The van der Waals surface area contributed by atoms with E-state index < -0.39 is 6.67 Å². The fraction of sp³-hybridized carbons (Fsp3) is 0.526. The van der Waals surface area contributed by atoms with Gasteiger partial charge in [-0.25, -0.2) is 9.18 Å². The number of hydrogen-bond donors (Lipinski definition) is 0. The number of hydrogen-bond acceptors (Lipinski definition) is 4. The number of benzene rings is 1. The predicted octanol–water partition coefficient (Wildman–Crippen LogP) is 2.63. The summed E-state index contributed by atoms with van der Waals surface area (Å²) in [7, 11) is 2.11. The molecule has 0 unspecified atom stereocenters. The molecule has 5 nitrogen and oxygen atoms in total. The third-order valence-electron chi connectivity index (χ3n) is 5.45. The lowest BCUT2D eigenvalue weighted by Crippen LogP contribution is -2.56. The van der Waals surface area contributed by atoms with E-state index in [9.17, 15) is 9.18 Å². The lowest BCUT2D eigenvalue weighted by Gasteiger charge is -2.46. The molecule has 3 heterocycles. The minimum absolute atomic E-state index is 0.0918. The van der Waals surface area contributed by atoms with Crippen molar-refractivity contribution in [2.45, 2.75) is 37.6 Å². The van der Waals surface area contributed by atoms with E-state index in [0.29, 0.717) is 30.9 Å². The SMILES string of the molecule is CN1[C@@H]2COC[C@H]1C[C@@H](OC(=O)c1cn(CCF)c3ccccc13)C2. The van der Waals surface area contributed by atoms with Crippen LogP contribution in [0.2, 0.25) is 0 Å². The Bertz CT molecular complexity index is 761. The monoisotopic (exact) mass is 346 g/mol. The molecule has 2 aliphatic heterocycles. The highest BCUT2D eigenvalue weighted by molar-refractivity contribution is 6.04. The second kappa shape index (κ2) is 6.77. The van der Waals surface area contributed by atoms with Gasteiger partial charge in [0.25, 0.3) is 0 Å². The van der Waals surface area contributed by atoms with Crippen LogP contribution in [-0.4, -0.2) is 60.6 Å². The van der Waals surface area contributed by atoms with Crippen molar-refractivity contribution < 1.29 is 18.7 Å². The van der Waals surface area contributed by atoms with Crippen molar-refractivity contribution in [3.63, 3.8) is 0 Å². The lowest BCUT2D eigenvalue weighted by molar-refractivity contribution is -0.0970. The van der Waals surface area contributed by atoms with Gasteiger partial charge in [0, 0.05) is 42.0 Å². The molecule has 2 aromatic rings. The number of aromatic nitrogens is 1. The third-order valence-corrected chi connectivity index (χ3v) is 5.45. The van der Waals surface area contributed by atoms with Crippen LogP contribution in [0.4, 0.5) is 4.39 Å². The van der Waals surface area contributed by atoms with E-state index in [1.165, 1.54) is 0 Å². The normalized spacial score (nSPS) is 26.7. The quantitative estimate of drug-likeness (QED) is 0.799. The minimum atomic E-state index is -0.467. The summed E-state index contributed by atoms with van der Waals surface area (Å²) >= 11 is 0. The number of aryl methyl sites for hydroxylation is 1. The van der Waals surface area contributed by atoms with Gasteiger partial charge in [-0.3, -0.25) is 4.90 Å². The van der Waals surface area contributed by atoms with Crippen LogP contribution in [0.5, 0.6) is 0 Å². The van der Waals surface area contributed by atoms with Crippen molar-refractivity contribution in [3.8, 4) is 0 Å². The van der Waals surface area contributed by atoms with Gasteiger partial charge >= 0.3 is 5.97 Å². The van der Waals surface area contributed by atoms with Crippen molar-refractivity contribution in [2.24, 2.45) is 0 Å². The van der Waals surface area contributed by atoms with Gasteiger partial charge in [-0.1, -0.05) is 18.2 Å². The van der Waals surface area contributed by atoms with E-state index in [1.54, 1.807) is 10.8 Å². The summed E-state index contributed by atoms with van der Waals surface area (Å²) in [5, 5.41) is 0.817. The Hall–Kier alpha value is -1.92. The fourth-order valence-electron chi connectivity index (χ4n) is 4.04. The van der Waals surface area contributed by atoms with Gasteiger partial charge in [0.1, 0.15) is 12.8 Å². The van der Waals surface area contributed by atoms with E-state index in [1.807, 2.05) is 24.3 Å². The molecular formula is C19H23FN2O3. The summed E-state index contributed by atoms with van der Waals surface area (Å²) < 4.78 is 26.0. The van der Waals surface area contributed by atoms with E-state index in [2.05, 4.69) is 11.9 Å². The van der Waals surface area contributed by atoms with Gasteiger partial charge < -0.3 is 14.0 Å². The van der Waals surface area contributed by atoms with Crippen LogP contribution in [0.15, 0.2) is 30.5 Å². The Morgan fingerprint density at radius 2 is 2.00 bits per heavy atom. The number of esters is 1. The summed E-state index contributed by atoms with van der Waals surface area (Å²) in [6.07, 6.45) is 3.21. The molecule has 1 aromatic carbocycles. The largest absolute Gasteiger partial charge is 0.459 e. The number of alkyl halides is 1. The molecular weight excluding hydrogens is 323 g/mol. The number of carbonyl (C=O) groups excluding carboxylic acids is 1. The molecule has 25 heavy (non-hydrogen) atoms. The number of rotatable bonds is 4. The summed E-state index contributed by atoms with van der Waals surface area (Å²) in [6.45, 7) is 1.16. The van der Waals surface area contributed by atoms with Crippen LogP contribution in [-0.2, 0) is 16.0 Å². The van der Waals surface area contributed by atoms with Gasteiger partial charge in [-0.15, -0.1) is 0 Å². The fourth-order valence-corrected chi connectivity index (χ4v) is 4.04. The highest BCUT2D eigenvalue weighted by Gasteiger charge is 2.38. The van der Waals surface area contributed by atoms with Crippen molar-refractivity contribution in [1.29, 1.82) is 0 Å². The molecule has 2 saturated heterocycles. The zero-order valence-corrected chi connectivity index (χ0v) is 14.4. The van der Waals surface area contributed by atoms with E-state index in [0.717, 1.165) is 23.7 Å². The van der Waals surface area contributed by atoms with Crippen LogP contribution in [0.3, 0.4) is 0 Å². The maximum absolute atomic E-state index is 12.8. The topological polar surface area (TPSA) is 43.7 Å². The van der Waals surface area contributed by atoms with Gasteiger partial charge in [0.15, 0.2) is 0 Å². The number of para-hydroxylation sites is 1. The van der Waals surface area contributed by atoms with Crippen LogP contribution in [0.1, 0.15) is 23.2 Å². The van der Waals surface area contributed by atoms with Crippen LogP contribution < -0.4 is 0 Å².